The molecule has 118 valence electrons. The van der Waals surface area contributed by atoms with E-state index in [1.807, 2.05) is 12.1 Å². The predicted octanol–water partition coefficient (Wildman–Crippen LogP) is 4.89. The van der Waals surface area contributed by atoms with E-state index in [4.69, 9.17) is 4.74 Å². The van der Waals surface area contributed by atoms with E-state index in [1.165, 1.54) is 18.4 Å². The Morgan fingerprint density at radius 2 is 1.76 bits per heavy atom. The summed E-state index contributed by atoms with van der Waals surface area (Å²) in [5.41, 5.74) is 2.52. The van der Waals surface area contributed by atoms with Crippen LogP contribution in [0.2, 0.25) is 0 Å². The molecule has 0 aromatic heterocycles. The molecule has 21 heavy (non-hydrogen) atoms. The lowest BCUT2D eigenvalue weighted by atomic mass is 9.68. The number of rotatable bonds is 3. The molecule has 1 aromatic carbocycles. The first-order valence-electron chi connectivity index (χ1n) is 8.15. The van der Waals surface area contributed by atoms with Gasteiger partial charge >= 0.3 is 0 Å². The standard InChI is InChI=1S/C19H30O2/c1-13-6-11-17(21-5)16(12-13)18(20)14-7-9-15(10-8-14)19(2,3)4/h6,11-12,14-15,18,20H,7-10H2,1-5H3. The van der Waals surface area contributed by atoms with Crippen LogP contribution in [0.1, 0.15) is 63.7 Å². The van der Waals surface area contributed by atoms with E-state index < -0.39 is 6.10 Å². The third-order valence-corrected chi connectivity index (χ3v) is 5.15. The van der Waals surface area contributed by atoms with Crippen LogP contribution in [0.3, 0.4) is 0 Å². The van der Waals surface area contributed by atoms with Crippen molar-refractivity contribution in [2.45, 2.75) is 59.5 Å². The van der Waals surface area contributed by atoms with Gasteiger partial charge in [0, 0.05) is 5.56 Å². The number of benzene rings is 1. The molecule has 1 aliphatic rings. The molecule has 0 aliphatic heterocycles. The molecule has 0 saturated heterocycles. The minimum absolute atomic E-state index is 0.360. The summed E-state index contributed by atoms with van der Waals surface area (Å²) in [5, 5.41) is 10.8. The van der Waals surface area contributed by atoms with Crippen molar-refractivity contribution in [3.05, 3.63) is 29.3 Å². The molecule has 1 unspecified atom stereocenters. The number of hydrogen-bond acceptors (Lipinski definition) is 2. The highest BCUT2D eigenvalue weighted by molar-refractivity contribution is 5.38. The first-order chi connectivity index (χ1) is 9.82. The lowest BCUT2D eigenvalue weighted by Gasteiger charge is -2.38. The summed E-state index contributed by atoms with van der Waals surface area (Å²) in [6.45, 7) is 9.06. The van der Waals surface area contributed by atoms with Gasteiger partial charge in [-0.05, 0) is 62.0 Å². The van der Waals surface area contributed by atoms with Crippen molar-refractivity contribution in [1.29, 1.82) is 0 Å². The Morgan fingerprint density at radius 1 is 1.14 bits per heavy atom. The van der Waals surface area contributed by atoms with Crippen LogP contribution < -0.4 is 4.74 Å². The minimum atomic E-state index is -0.402. The molecule has 0 spiro atoms. The molecule has 1 N–H and O–H groups in total. The van der Waals surface area contributed by atoms with E-state index in [9.17, 15) is 5.11 Å². The highest BCUT2D eigenvalue weighted by Gasteiger charge is 2.33. The highest BCUT2D eigenvalue weighted by atomic mass is 16.5. The van der Waals surface area contributed by atoms with E-state index >= 15 is 0 Å². The Hall–Kier alpha value is -1.02. The van der Waals surface area contributed by atoms with Gasteiger partial charge in [-0.15, -0.1) is 0 Å². The van der Waals surface area contributed by atoms with Crippen LogP contribution in [0.25, 0.3) is 0 Å². The fourth-order valence-electron chi connectivity index (χ4n) is 3.64. The zero-order valence-corrected chi connectivity index (χ0v) is 14.1. The lowest BCUT2D eigenvalue weighted by molar-refractivity contribution is 0.0513. The van der Waals surface area contributed by atoms with Crippen molar-refractivity contribution in [3.8, 4) is 5.75 Å². The summed E-state index contributed by atoms with van der Waals surface area (Å²) < 4.78 is 5.43. The van der Waals surface area contributed by atoms with Gasteiger partial charge in [0.15, 0.2) is 0 Å². The molecule has 0 amide bonds. The molecule has 0 radical (unpaired) electrons. The molecule has 0 bridgehead atoms. The Labute approximate surface area is 129 Å². The third-order valence-electron chi connectivity index (χ3n) is 5.15. The van der Waals surface area contributed by atoms with Crippen molar-refractivity contribution < 1.29 is 9.84 Å². The van der Waals surface area contributed by atoms with Gasteiger partial charge in [-0.1, -0.05) is 32.4 Å². The quantitative estimate of drug-likeness (QED) is 0.859. The van der Waals surface area contributed by atoms with Gasteiger partial charge in [0.05, 0.1) is 13.2 Å². The Morgan fingerprint density at radius 3 is 2.29 bits per heavy atom. The minimum Gasteiger partial charge on any atom is -0.496 e. The van der Waals surface area contributed by atoms with E-state index in [-0.39, 0.29) is 0 Å². The monoisotopic (exact) mass is 290 g/mol. The summed E-state index contributed by atoms with van der Waals surface area (Å²) in [6, 6.07) is 6.07. The molecule has 1 aliphatic carbocycles. The Balaban J connectivity index is 2.08. The molecular weight excluding hydrogens is 260 g/mol. The molecule has 1 aromatic rings. The van der Waals surface area contributed by atoms with Crippen LogP contribution in [-0.2, 0) is 0 Å². The van der Waals surface area contributed by atoms with Gasteiger partial charge in [0.1, 0.15) is 5.75 Å². The zero-order chi connectivity index (χ0) is 15.6. The molecule has 2 heteroatoms. The number of ether oxygens (including phenoxy) is 1. The van der Waals surface area contributed by atoms with E-state index in [0.717, 1.165) is 30.1 Å². The summed E-state index contributed by atoms with van der Waals surface area (Å²) in [5.74, 6) is 1.95. The number of aliphatic hydroxyl groups excluding tert-OH is 1. The number of aliphatic hydroxyl groups is 1. The van der Waals surface area contributed by atoms with Crippen LogP contribution in [0, 0.1) is 24.2 Å². The van der Waals surface area contributed by atoms with Gasteiger partial charge < -0.3 is 9.84 Å². The van der Waals surface area contributed by atoms with Gasteiger partial charge in [-0.2, -0.15) is 0 Å². The van der Waals surface area contributed by atoms with Crippen molar-refractivity contribution in [1.82, 2.24) is 0 Å². The van der Waals surface area contributed by atoms with Crippen molar-refractivity contribution in [2.24, 2.45) is 17.3 Å². The van der Waals surface area contributed by atoms with Crippen LogP contribution in [-0.4, -0.2) is 12.2 Å². The number of hydrogen-bond donors (Lipinski definition) is 1. The molecule has 1 fully saturated rings. The van der Waals surface area contributed by atoms with E-state index in [1.54, 1.807) is 7.11 Å². The SMILES string of the molecule is COc1ccc(C)cc1C(O)C1CCC(C(C)(C)C)CC1. The van der Waals surface area contributed by atoms with Crippen LogP contribution in [0.5, 0.6) is 5.75 Å². The van der Waals surface area contributed by atoms with E-state index in [0.29, 0.717) is 11.3 Å². The maximum absolute atomic E-state index is 10.8. The molecule has 1 saturated carbocycles. The second-order valence-electron chi connectivity index (χ2n) is 7.67. The van der Waals surface area contributed by atoms with Crippen molar-refractivity contribution >= 4 is 0 Å². The van der Waals surface area contributed by atoms with Gasteiger partial charge in [0.25, 0.3) is 0 Å². The predicted molar refractivity (Wildman–Crippen MR) is 87.6 cm³/mol. The van der Waals surface area contributed by atoms with Crippen LogP contribution >= 0.6 is 0 Å². The molecule has 2 nitrogen and oxygen atoms in total. The summed E-state index contributed by atoms with van der Waals surface area (Å²) >= 11 is 0. The van der Waals surface area contributed by atoms with Crippen molar-refractivity contribution in [2.75, 3.05) is 7.11 Å². The molecule has 1 atom stereocenters. The highest BCUT2D eigenvalue weighted by Crippen LogP contribution is 2.44. The average Bonchev–Trinajstić information content (AvgIpc) is 2.45. The lowest BCUT2D eigenvalue weighted by Crippen LogP contribution is -2.28. The fourth-order valence-corrected chi connectivity index (χ4v) is 3.64. The van der Waals surface area contributed by atoms with Crippen molar-refractivity contribution in [3.63, 3.8) is 0 Å². The van der Waals surface area contributed by atoms with Crippen LogP contribution in [0.15, 0.2) is 18.2 Å². The Bertz CT molecular complexity index is 465. The topological polar surface area (TPSA) is 29.5 Å². The molecular formula is C19H30O2. The van der Waals surface area contributed by atoms with Gasteiger partial charge in [-0.25, -0.2) is 0 Å². The van der Waals surface area contributed by atoms with Gasteiger partial charge in [-0.3, -0.25) is 0 Å². The number of aryl methyl sites for hydroxylation is 1. The third kappa shape index (κ3) is 3.79. The maximum Gasteiger partial charge on any atom is 0.124 e. The smallest absolute Gasteiger partial charge is 0.124 e. The first-order valence-corrected chi connectivity index (χ1v) is 8.15. The first kappa shape index (κ1) is 16.4. The molecule has 2 rings (SSSR count). The fraction of sp³-hybridized carbons (Fsp3) is 0.684. The Kier molecular flexibility index (Phi) is 4.98. The maximum atomic E-state index is 10.8. The number of methoxy groups -OCH3 is 1. The zero-order valence-electron chi connectivity index (χ0n) is 14.1. The normalized spacial score (nSPS) is 24.7. The summed E-state index contributed by atoms with van der Waals surface area (Å²) in [7, 11) is 1.68. The van der Waals surface area contributed by atoms with Crippen LogP contribution in [0.4, 0.5) is 0 Å². The summed E-state index contributed by atoms with van der Waals surface area (Å²) in [6.07, 6.45) is 4.26. The second-order valence-corrected chi connectivity index (χ2v) is 7.67. The largest absolute Gasteiger partial charge is 0.496 e. The van der Waals surface area contributed by atoms with Gasteiger partial charge in [0.2, 0.25) is 0 Å². The second kappa shape index (κ2) is 6.39. The molecule has 0 heterocycles. The average molecular weight is 290 g/mol. The van der Waals surface area contributed by atoms with E-state index in [2.05, 4.69) is 33.8 Å². The summed E-state index contributed by atoms with van der Waals surface area (Å²) in [4.78, 5) is 0.